The van der Waals surface area contributed by atoms with Gasteiger partial charge in [0.15, 0.2) is 0 Å². The van der Waals surface area contributed by atoms with Gasteiger partial charge in [0.1, 0.15) is 0 Å². The van der Waals surface area contributed by atoms with Crippen molar-refractivity contribution >= 4 is 11.6 Å². The number of nitrogens with zero attached hydrogens (tertiary/aromatic N) is 2. The maximum absolute atomic E-state index is 8.31. The Balaban J connectivity index is 2.94. The molecule has 1 aromatic heterocycles. The zero-order chi connectivity index (χ0) is 7.40. The van der Waals surface area contributed by atoms with Crippen LogP contribution in [-0.4, -0.2) is 4.98 Å². The van der Waals surface area contributed by atoms with E-state index in [-0.39, 0.29) is 0 Å². The summed E-state index contributed by atoms with van der Waals surface area (Å²) >= 11 is 5.71. The van der Waals surface area contributed by atoms with E-state index in [1.165, 1.54) is 0 Å². The van der Waals surface area contributed by atoms with Gasteiger partial charge >= 0.3 is 0 Å². The largest absolute Gasteiger partial charge is 0.264 e. The topological polar surface area (TPSA) is 36.7 Å². The predicted octanol–water partition coefficient (Wildman–Crippen LogP) is 1.80. The van der Waals surface area contributed by atoms with E-state index in [0.717, 1.165) is 5.56 Å². The SMILES string of the molecule is N#CCc1cnccc1Cl. The molecule has 0 saturated heterocycles. The highest BCUT2D eigenvalue weighted by Gasteiger charge is 1.96. The third-order valence-corrected chi connectivity index (χ3v) is 1.48. The fourth-order valence-corrected chi connectivity index (χ4v) is 0.797. The summed E-state index contributed by atoms with van der Waals surface area (Å²) in [7, 11) is 0. The first-order valence-corrected chi connectivity index (χ1v) is 3.17. The van der Waals surface area contributed by atoms with Gasteiger partial charge in [0.05, 0.1) is 12.5 Å². The summed E-state index contributed by atoms with van der Waals surface area (Å²) in [5, 5.41) is 8.92. The highest BCUT2D eigenvalue weighted by molar-refractivity contribution is 6.31. The monoisotopic (exact) mass is 152 g/mol. The van der Waals surface area contributed by atoms with Crippen molar-refractivity contribution in [1.29, 1.82) is 5.26 Å². The first-order chi connectivity index (χ1) is 4.84. The van der Waals surface area contributed by atoms with E-state index >= 15 is 0 Å². The van der Waals surface area contributed by atoms with E-state index in [2.05, 4.69) is 4.98 Å². The van der Waals surface area contributed by atoms with Gasteiger partial charge in [0.25, 0.3) is 0 Å². The second kappa shape index (κ2) is 3.19. The molecule has 0 aliphatic rings. The Morgan fingerprint density at radius 3 is 3.10 bits per heavy atom. The summed E-state index contributed by atoms with van der Waals surface area (Å²) in [5.41, 5.74) is 0.784. The van der Waals surface area contributed by atoms with Crippen LogP contribution in [0.3, 0.4) is 0 Å². The van der Waals surface area contributed by atoms with Crippen LogP contribution in [0.2, 0.25) is 5.02 Å². The van der Waals surface area contributed by atoms with Crippen LogP contribution < -0.4 is 0 Å². The summed E-state index contributed by atoms with van der Waals surface area (Å²) in [6, 6.07) is 3.68. The Labute approximate surface area is 64.1 Å². The average molecular weight is 153 g/mol. The molecule has 0 aliphatic carbocycles. The van der Waals surface area contributed by atoms with E-state index in [9.17, 15) is 0 Å². The lowest BCUT2D eigenvalue weighted by Gasteiger charge is -1.94. The fraction of sp³-hybridized carbons (Fsp3) is 0.143. The van der Waals surface area contributed by atoms with Crippen LogP contribution in [-0.2, 0) is 6.42 Å². The Hall–Kier alpha value is -1.07. The van der Waals surface area contributed by atoms with Crippen LogP contribution in [0.25, 0.3) is 0 Å². The molecule has 0 fully saturated rings. The van der Waals surface area contributed by atoms with Gasteiger partial charge in [-0.3, -0.25) is 4.98 Å². The second-order valence-corrected chi connectivity index (χ2v) is 2.21. The Morgan fingerprint density at radius 1 is 1.70 bits per heavy atom. The molecule has 0 amide bonds. The van der Waals surface area contributed by atoms with Crippen molar-refractivity contribution in [2.24, 2.45) is 0 Å². The van der Waals surface area contributed by atoms with Crippen LogP contribution in [0.5, 0.6) is 0 Å². The molecule has 2 nitrogen and oxygen atoms in total. The molecule has 1 rings (SSSR count). The van der Waals surface area contributed by atoms with Crippen LogP contribution in [0.1, 0.15) is 5.56 Å². The van der Waals surface area contributed by atoms with E-state index in [1.807, 2.05) is 6.07 Å². The van der Waals surface area contributed by atoms with Gasteiger partial charge in [-0.1, -0.05) is 11.6 Å². The van der Waals surface area contributed by atoms with Crippen LogP contribution >= 0.6 is 11.6 Å². The van der Waals surface area contributed by atoms with E-state index in [4.69, 9.17) is 16.9 Å². The predicted molar refractivity (Wildman–Crippen MR) is 38.6 cm³/mol. The van der Waals surface area contributed by atoms with E-state index in [0.29, 0.717) is 11.4 Å². The van der Waals surface area contributed by atoms with Gasteiger partial charge < -0.3 is 0 Å². The molecule has 1 aromatic rings. The number of hydrogen-bond acceptors (Lipinski definition) is 2. The van der Waals surface area contributed by atoms with Crippen molar-refractivity contribution < 1.29 is 0 Å². The van der Waals surface area contributed by atoms with Gasteiger partial charge in [-0.2, -0.15) is 5.26 Å². The number of halogens is 1. The Kier molecular flexibility index (Phi) is 2.24. The van der Waals surface area contributed by atoms with Gasteiger partial charge in [0.2, 0.25) is 0 Å². The second-order valence-electron chi connectivity index (χ2n) is 1.80. The zero-order valence-electron chi connectivity index (χ0n) is 5.21. The molecule has 50 valence electrons. The van der Waals surface area contributed by atoms with Crippen LogP contribution in [0, 0.1) is 11.3 Å². The lowest BCUT2D eigenvalue weighted by atomic mass is 10.2. The van der Waals surface area contributed by atoms with Crippen LogP contribution in [0.15, 0.2) is 18.5 Å². The lowest BCUT2D eigenvalue weighted by molar-refractivity contribution is 1.19. The van der Waals surface area contributed by atoms with Crippen molar-refractivity contribution in [2.45, 2.75) is 6.42 Å². The molecule has 1 heterocycles. The minimum atomic E-state index is 0.326. The van der Waals surface area contributed by atoms with Crippen molar-refractivity contribution in [3.63, 3.8) is 0 Å². The van der Waals surface area contributed by atoms with Crippen molar-refractivity contribution in [3.8, 4) is 6.07 Å². The minimum Gasteiger partial charge on any atom is -0.264 e. The molecular weight excluding hydrogens is 148 g/mol. The minimum absolute atomic E-state index is 0.326. The lowest BCUT2D eigenvalue weighted by Crippen LogP contribution is -1.83. The van der Waals surface area contributed by atoms with Crippen molar-refractivity contribution in [1.82, 2.24) is 4.98 Å². The number of hydrogen-bond donors (Lipinski definition) is 0. The molecule has 0 aromatic carbocycles. The normalized spacial score (nSPS) is 8.80. The molecule has 0 atom stereocenters. The third kappa shape index (κ3) is 1.46. The van der Waals surface area contributed by atoms with Gasteiger partial charge in [0, 0.05) is 23.0 Å². The average Bonchev–Trinajstić information content (AvgIpc) is 1.94. The molecule has 0 radical (unpaired) electrons. The molecule has 0 unspecified atom stereocenters. The Morgan fingerprint density at radius 2 is 2.50 bits per heavy atom. The Bertz CT molecular complexity index is 265. The fourth-order valence-electron chi connectivity index (χ4n) is 0.625. The zero-order valence-corrected chi connectivity index (χ0v) is 5.97. The highest BCUT2D eigenvalue weighted by Crippen LogP contribution is 2.12. The summed E-state index contributed by atoms with van der Waals surface area (Å²) in [6.45, 7) is 0. The molecule has 0 spiro atoms. The first kappa shape index (κ1) is 7.04. The first-order valence-electron chi connectivity index (χ1n) is 2.80. The third-order valence-electron chi connectivity index (χ3n) is 1.11. The van der Waals surface area contributed by atoms with Gasteiger partial charge in [-0.05, 0) is 6.07 Å². The van der Waals surface area contributed by atoms with E-state index < -0.39 is 0 Å². The smallest absolute Gasteiger partial charge is 0.0670 e. The molecular formula is C7H5ClN2. The summed E-state index contributed by atoms with van der Waals surface area (Å²) in [4.78, 5) is 3.83. The maximum atomic E-state index is 8.31. The van der Waals surface area contributed by atoms with Crippen molar-refractivity contribution in [3.05, 3.63) is 29.0 Å². The number of nitriles is 1. The quantitative estimate of drug-likeness (QED) is 0.615. The molecule has 0 aliphatic heterocycles. The summed E-state index contributed by atoms with van der Waals surface area (Å²) < 4.78 is 0. The summed E-state index contributed by atoms with van der Waals surface area (Å²) in [5.74, 6) is 0. The highest BCUT2D eigenvalue weighted by atomic mass is 35.5. The van der Waals surface area contributed by atoms with E-state index in [1.54, 1.807) is 18.5 Å². The van der Waals surface area contributed by atoms with Gasteiger partial charge in [-0.25, -0.2) is 0 Å². The summed E-state index contributed by atoms with van der Waals surface area (Å²) in [6.07, 6.45) is 3.53. The number of pyridine rings is 1. The molecule has 0 saturated carbocycles. The van der Waals surface area contributed by atoms with Gasteiger partial charge in [-0.15, -0.1) is 0 Å². The van der Waals surface area contributed by atoms with Crippen molar-refractivity contribution in [2.75, 3.05) is 0 Å². The number of rotatable bonds is 1. The molecule has 3 heteroatoms. The maximum Gasteiger partial charge on any atom is 0.0670 e. The molecule has 0 N–H and O–H groups in total. The molecule has 0 bridgehead atoms. The number of aromatic nitrogens is 1. The molecule has 10 heavy (non-hydrogen) atoms. The standard InChI is InChI=1S/C7H5ClN2/c8-7-2-4-10-5-6(7)1-3-9/h2,4-5H,1H2. The van der Waals surface area contributed by atoms with Crippen LogP contribution in [0.4, 0.5) is 0 Å².